The Morgan fingerprint density at radius 1 is 1.64 bits per heavy atom. The van der Waals surface area contributed by atoms with Crippen molar-refractivity contribution in [2.45, 2.75) is 11.8 Å². The Morgan fingerprint density at radius 3 is 2.93 bits per heavy atom. The Morgan fingerprint density at radius 2 is 2.36 bits per heavy atom. The van der Waals surface area contributed by atoms with Crippen LogP contribution in [0.5, 0.6) is 0 Å². The van der Waals surface area contributed by atoms with Crippen molar-refractivity contribution in [1.29, 1.82) is 0 Å². The number of anilines is 1. The highest BCUT2D eigenvalue weighted by Gasteiger charge is 2.08. The topological polar surface area (TPSA) is 64.3 Å². The van der Waals surface area contributed by atoms with Crippen molar-refractivity contribution in [2.75, 3.05) is 12.0 Å². The van der Waals surface area contributed by atoms with E-state index in [9.17, 15) is 4.79 Å². The fourth-order valence-electron chi connectivity index (χ4n) is 0.993. The van der Waals surface area contributed by atoms with E-state index in [2.05, 4.69) is 18.1 Å². The molecule has 0 aromatic heterocycles. The van der Waals surface area contributed by atoms with Crippen molar-refractivity contribution in [1.82, 2.24) is 0 Å². The van der Waals surface area contributed by atoms with Gasteiger partial charge in [-0.3, -0.25) is 5.84 Å². The van der Waals surface area contributed by atoms with Gasteiger partial charge in [-0.1, -0.05) is 0 Å². The minimum atomic E-state index is -0.364. The number of ether oxygens (including phenoxy) is 1. The fraction of sp³-hybridized carbons (Fsp3) is 0.222. The summed E-state index contributed by atoms with van der Waals surface area (Å²) in [7, 11) is 0. The molecule has 0 aliphatic heterocycles. The maximum atomic E-state index is 11.3. The number of nitrogen functional groups attached to an aromatic ring is 1. The van der Waals surface area contributed by atoms with Crippen LogP contribution in [0.25, 0.3) is 0 Å². The van der Waals surface area contributed by atoms with E-state index in [0.717, 1.165) is 0 Å². The highest BCUT2D eigenvalue weighted by Crippen LogP contribution is 2.20. The molecular formula is C9H12N2O2S. The molecule has 0 unspecified atom stereocenters. The van der Waals surface area contributed by atoms with E-state index in [-0.39, 0.29) is 5.97 Å². The zero-order valence-electron chi connectivity index (χ0n) is 7.78. The number of nitrogens with one attached hydrogen (secondary N) is 1. The number of esters is 1. The summed E-state index contributed by atoms with van der Waals surface area (Å²) in [5, 5.41) is 0. The first-order valence-electron chi connectivity index (χ1n) is 4.15. The van der Waals surface area contributed by atoms with Crippen LogP contribution in [0, 0.1) is 0 Å². The number of benzene rings is 1. The standard InChI is InChI=1S/C9H12N2O2S/c1-2-13-9(12)6-3-4-8(14)7(5-6)11-10/h3-5,11,14H,2,10H2,1H3. The van der Waals surface area contributed by atoms with E-state index in [1.165, 1.54) is 0 Å². The first-order valence-corrected chi connectivity index (χ1v) is 4.60. The third-order valence-corrected chi connectivity index (χ3v) is 2.05. The maximum Gasteiger partial charge on any atom is 0.338 e. The monoisotopic (exact) mass is 212 g/mol. The highest BCUT2D eigenvalue weighted by atomic mass is 32.1. The zero-order valence-corrected chi connectivity index (χ0v) is 8.67. The number of thiol groups is 1. The summed E-state index contributed by atoms with van der Waals surface area (Å²) in [5.74, 6) is 4.88. The smallest absolute Gasteiger partial charge is 0.338 e. The number of rotatable bonds is 3. The lowest BCUT2D eigenvalue weighted by atomic mass is 10.2. The number of nitrogens with two attached hydrogens (primary N) is 1. The summed E-state index contributed by atoms with van der Waals surface area (Å²) in [6.45, 7) is 2.11. The molecule has 1 rings (SSSR count). The highest BCUT2D eigenvalue weighted by molar-refractivity contribution is 7.80. The lowest BCUT2D eigenvalue weighted by molar-refractivity contribution is 0.0526. The minimum absolute atomic E-state index is 0.354. The molecule has 0 aliphatic rings. The largest absolute Gasteiger partial charge is 0.462 e. The summed E-state index contributed by atoms with van der Waals surface area (Å²) in [6.07, 6.45) is 0. The third kappa shape index (κ3) is 2.40. The molecule has 0 radical (unpaired) electrons. The van der Waals surface area contributed by atoms with Crippen molar-refractivity contribution in [2.24, 2.45) is 5.84 Å². The number of carbonyl (C=O) groups excluding carboxylic acids is 1. The molecule has 0 heterocycles. The second-order valence-electron chi connectivity index (χ2n) is 2.60. The molecule has 1 aromatic rings. The maximum absolute atomic E-state index is 11.3. The lowest BCUT2D eigenvalue weighted by Gasteiger charge is -2.06. The zero-order chi connectivity index (χ0) is 10.6. The molecule has 0 aliphatic carbocycles. The molecule has 1 aromatic carbocycles. The number of hydrogen-bond donors (Lipinski definition) is 3. The van der Waals surface area contributed by atoms with Gasteiger partial charge < -0.3 is 10.2 Å². The Kier molecular flexibility index (Phi) is 3.79. The van der Waals surface area contributed by atoms with Crippen molar-refractivity contribution < 1.29 is 9.53 Å². The summed E-state index contributed by atoms with van der Waals surface area (Å²) in [5.41, 5.74) is 3.50. The van der Waals surface area contributed by atoms with E-state index < -0.39 is 0 Å². The van der Waals surface area contributed by atoms with Gasteiger partial charge in [-0.15, -0.1) is 12.6 Å². The van der Waals surface area contributed by atoms with Gasteiger partial charge in [0, 0.05) is 4.90 Å². The average molecular weight is 212 g/mol. The number of carbonyl (C=O) groups is 1. The summed E-state index contributed by atoms with van der Waals surface area (Å²) in [6, 6.07) is 4.92. The Bertz CT molecular complexity index is 342. The molecular weight excluding hydrogens is 200 g/mol. The Balaban J connectivity index is 2.94. The average Bonchev–Trinajstić information content (AvgIpc) is 2.19. The van der Waals surface area contributed by atoms with Crippen LogP contribution in [0.2, 0.25) is 0 Å². The van der Waals surface area contributed by atoms with Crippen molar-refractivity contribution in [3.05, 3.63) is 23.8 Å². The van der Waals surface area contributed by atoms with Crippen molar-refractivity contribution in [3.8, 4) is 0 Å². The van der Waals surface area contributed by atoms with Crippen LogP contribution >= 0.6 is 12.6 Å². The van der Waals surface area contributed by atoms with E-state index in [1.54, 1.807) is 25.1 Å². The number of hydrogen-bond acceptors (Lipinski definition) is 5. The number of hydrazine groups is 1. The van der Waals surface area contributed by atoms with Crippen LogP contribution in [0.15, 0.2) is 23.1 Å². The second kappa shape index (κ2) is 4.88. The molecule has 5 heteroatoms. The van der Waals surface area contributed by atoms with Crippen LogP contribution < -0.4 is 11.3 Å². The molecule has 0 amide bonds. The molecule has 0 saturated heterocycles. The van der Waals surface area contributed by atoms with Gasteiger partial charge in [0.05, 0.1) is 17.9 Å². The second-order valence-corrected chi connectivity index (χ2v) is 3.08. The van der Waals surface area contributed by atoms with Gasteiger partial charge in [0.2, 0.25) is 0 Å². The first-order chi connectivity index (χ1) is 6.69. The van der Waals surface area contributed by atoms with Gasteiger partial charge in [-0.25, -0.2) is 4.79 Å². The molecule has 0 saturated carbocycles. The van der Waals surface area contributed by atoms with Gasteiger partial charge in [0.15, 0.2) is 0 Å². The first kappa shape index (κ1) is 10.9. The van der Waals surface area contributed by atoms with Gasteiger partial charge in [0.1, 0.15) is 0 Å². The van der Waals surface area contributed by atoms with Crippen LogP contribution in [-0.2, 0) is 4.74 Å². The van der Waals surface area contributed by atoms with E-state index in [1.807, 2.05) is 0 Å². The Labute approximate surface area is 87.8 Å². The third-order valence-electron chi connectivity index (χ3n) is 1.66. The van der Waals surface area contributed by atoms with Crippen LogP contribution in [0.4, 0.5) is 5.69 Å². The molecule has 0 spiro atoms. The van der Waals surface area contributed by atoms with E-state index in [0.29, 0.717) is 22.8 Å². The predicted octanol–water partition coefficient (Wildman–Crippen LogP) is 1.44. The van der Waals surface area contributed by atoms with Crippen LogP contribution in [-0.4, -0.2) is 12.6 Å². The molecule has 0 bridgehead atoms. The molecule has 0 fully saturated rings. The van der Waals surface area contributed by atoms with Gasteiger partial charge in [0.25, 0.3) is 0 Å². The van der Waals surface area contributed by atoms with E-state index >= 15 is 0 Å². The van der Waals surface area contributed by atoms with E-state index in [4.69, 9.17) is 10.6 Å². The molecule has 3 N–H and O–H groups in total. The summed E-state index contributed by atoms with van der Waals surface area (Å²) < 4.78 is 4.83. The van der Waals surface area contributed by atoms with Gasteiger partial charge >= 0.3 is 5.97 Å². The van der Waals surface area contributed by atoms with Crippen LogP contribution in [0.1, 0.15) is 17.3 Å². The minimum Gasteiger partial charge on any atom is -0.462 e. The van der Waals surface area contributed by atoms with Crippen LogP contribution in [0.3, 0.4) is 0 Å². The predicted molar refractivity (Wildman–Crippen MR) is 57.5 cm³/mol. The molecule has 0 atom stereocenters. The fourth-order valence-corrected chi connectivity index (χ4v) is 1.20. The quantitative estimate of drug-likeness (QED) is 0.307. The Hall–Kier alpha value is -1.20. The normalized spacial score (nSPS) is 9.64. The van der Waals surface area contributed by atoms with Gasteiger partial charge in [-0.2, -0.15) is 0 Å². The van der Waals surface area contributed by atoms with Gasteiger partial charge in [-0.05, 0) is 25.1 Å². The van der Waals surface area contributed by atoms with Crippen molar-refractivity contribution in [3.63, 3.8) is 0 Å². The molecule has 76 valence electrons. The summed E-state index contributed by atoms with van der Waals surface area (Å²) in [4.78, 5) is 12.0. The molecule has 14 heavy (non-hydrogen) atoms. The summed E-state index contributed by atoms with van der Waals surface area (Å²) >= 11 is 4.15. The SMILES string of the molecule is CCOC(=O)c1ccc(S)c(NN)c1. The lowest BCUT2D eigenvalue weighted by Crippen LogP contribution is -2.10. The van der Waals surface area contributed by atoms with Crippen molar-refractivity contribution >= 4 is 24.3 Å². The molecule has 4 nitrogen and oxygen atoms in total.